The van der Waals surface area contributed by atoms with Gasteiger partial charge in [-0.1, -0.05) is 25.1 Å². The number of carbonyl (C=O) groups excluding carboxylic acids is 1. The molecule has 0 radical (unpaired) electrons. The minimum atomic E-state index is -0.123. The van der Waals surface area contributed by atoms with Crippen LogP contribution in [0.4, 0.5) is 17.1 Å². The molecule has 3 aromatic rings. The molecule has 0 aliphatic heterocycles. The maximum absolute atomic E-state index is 12.2. The highest BCUT2D eigenvalue weighted by atomic mass is 16.1. The SMILES string of the molecule is CCc1cncc(Nc2ccc(C(=O)Nc3ccccc3)cc2)c1. The summed E-state index contributed by atoms with van der Waals surface area (Å²) in [5, 5.41) is 6.17. The Labute approximate surface area is 141 Å². The van der Waals surface area contributed by atoms with Gasteiger partial charge < -0.3 is 10.6 Å². The molecule has 0 spiro atoms. The first-order valence-corrected chi connectivity index (χ1v) is 7.92. The summed E-state index contributed by atoms with van der Waals surface area (Å²) in [6.45, 7) is 2.10. The third-order valence-electron chi connectivity index (χ3n) is 3.67. The molecule has 0 fully saturated rings. The number of aryl methyl sites for hydroxylation is 1. The number of amides is 1. The Morgan fingerprint density at radius 3 is 2.38 bits per heavy atom. The minimum absolute atomic E-state index is 0.123. The number of anilines is 3. The van der Waals surface area contributed by atoms with Crippen molar-refractivity contribution in [3.8, 4) is 0 Å². The second kappa shape index (κ2) is 7.42. The van der Waals surface area contributed by atoms with E-state index in [1.165, 1.54) is 5.56 Å². The molecule has 2 aromatic carbocycles. The van der Waals surface area contributed by atoms with Crippen molar-refractivity contribution in [2.24, 2.45) is 0 Å². The third kappa shape index (κ3) is 3.98. The number of nitrogens with one attached hydrogen (secondary N) is 2. The van der Waals surface area contributed by atoms with Crippen molar-refractivity contribution in [2.75, 3.05) is 10.6 Å². The zero-order valence-electron chi connectivity index (χ0n) is 13.5. The van der Waals surface area contributed by atoms with E-state index in [-0.39, 0.29) is 5.91 Å². The molecular formula is C20H19N3O. The zero-order valence-corrected chi connectivity index (χ0v) is 13.5. The fraction of sp³-hybridized carbons (Fsp3) is 0.100. The highest BCUT2D eigenvalue weighted by molar-refractivity contribution is 6.04. The highest BCUT2D eigenvalue weighted by Gasteiger charge is 2.06. The minimum Gasteiger partial charge on any atom is -0.354 e. The smallest absolute Gasteiger partial charge is 0.255 e. The molecule has 120 valence electrons. The number of hydrogen-bond donors (Lipinski definition) is 2. The van der Waals surface area contributed by atoms with Crippen LogP contribution in [0.25, 0.3) is 0 Å². The second-order valence-electron chi connectivity index (χ2n) is 5.46. The Morgan fingerprint density at radius 2 is 1.67 bits per heavy atom. The van der Waals surface area contributed by atoms with E-state index in [0.717, 1.165) is 23.5 Å². The molecule has 0 bridgehead atoms. The van der Waals surface area contributed by atoms with Gasteiger partial charge in [-0.15, -0.1) is 0 Å². The first kappa shape index (κ1) is 15.7. The van der Waals surface area contributed by atoms with Crippen LogP contribution in [0.5, 0.6) is 0 Å². The Balaban J connectivity index is 1.67. The van der Waals surface area contributed by atoms with Crippen molar-refractivity contribution in [3.63, 3.8) is 0 Å². The van der Waals surface area contributed by atoms with E-state index in [4.69, 9.17) is 0 Å². The highest BCUT2D eigenvalue weighted by Crippen LogP contribution is 2.18. The van der Waals surface area contributed by atoms with Crippen LogP contribution in [0, 0.1) is 0 Å². The molecule has 2 N–H and O–H groups in total. The van der Waals surface area contributed by atoms with Crippen LogP contribution in [-0.4, -0.2) is 10.9 Å². The van der Waals surface area contributed by atoms with E-state index < -0.39 is 0 Å². The van der Waals surface area contributed by atoms with Gasteiger partial charge in [-0.05, 0) is 54.4 Å². The molecule has 4 heteroatoms. The Kier molecular flexibility index (Phi) is 4.87. The van der Waals surface area contributed by atoms with Crippen LogP contribution in [-0.2, 0) is 6.42 Å². The van der Waals surface area contributed by atoms with E-state index in [2.05, 4.69) is 28.6 Å². The normalized spacial score (nSPS) is 10.2. The summed E-state index contributed by atoms with van der Waals surface area (Å²) in [7, 11) is 0. The number of carbonyl (C=O) groups is 1. The number of benzene rings is 2. The topological polar surface area (TPSA) is 54.0 Å². The summed E-state index contributed by atoms with van der Waals surface area (Å²) in [6, 6.07) is 18.9. The van der Waals surface area contributed by atoms with E-state index >= 15 is 0 Å². The Bertz CT molecular complexity index is 814. The van der Waals surface area contributed by atoms with Crippen molar-refractivity contribution in [3.05, 3.63) is 84.2 Å². The van der Waals surface area contributed by atoms with Crippen molar-refractivity contribution in [2.45, 2.75) is 13.3 Å². The molecule has 24 heavy (non-hydrogen) atoms. The van der Waals surface area contributed by atoms with Crippen LogP contribution >= 0.6 is 0 Å². The van der Waals surface area contributed by atoms with Gasteiger partial charge in [0.05, 0.1) is 11.9 Å². The lowest BCUT2D eigenvalue weighted by molar-refractivity contribution is 0.102. The number of aromatic nitrogens is 1. The molecule has 0 saturated carbocycles. The molecule has 0 atom stereocenters. The maximum Gasteiger partial charge on any atom is 0.255 e. The monoisotopic (exact) mass is 317 g/mol. The number of rotatable bonds is 5. The Hall–Kier alpha value is -3.14. The third-order valence-corrected chi connectivity index (χ3v) is 3.67. The Morgan fingerprint density at radius 1 is 0.917 bits per heavy atom. The van der Waals surface area contributed by atoms with Crippen LogP contribution in [0.1, 0.15) is 22.8 Å². The first-order valence-electron chi connectivity index (χ1n) is 7.92. The molecule has 1 amide bonds. The predicted octanol–water partition coefficient (Wildman–Crippen LogP) is 4.64. The van der Waals surface area contributed by atoms with E-state index in [9.17, 15) is 4.79 Å². The zero-order chi connectivity index (χ0) is 16.8. The van der Waals surface area contributed by atoms with E-state index in [1.807, 2.05) is 48.7 Å². The first-order chi connectivity index (χ1) is 11.7. The van der Waals surface area contributed by atoms with Crippen molar-refractivity contribution < 1.29 is 4.79 Å². The molecule has 0 aliphatic carbocycles. The largest absolute Gasteiger partial charge is 0.354 e. The fourth-order valence-corrected chi connectivity index (χ4v) is 2.35. The van der Waals surface area contributed by atoms with Crippen molar-refractivity contribution >= 4 is 23.0 Å². The summed E-state index contributed by atoms with van der Waals surface area (Å²) >= 11 is 0. The van der Waals surface area contributed by atoms with Gasteiger partial charge in [0.1, 0.15) is 0 Å². The molecule has 0 unspecified atom stereocenters. The van der Waals surface area contributed by atoms with Gasteiger partial charge in [-0.2, -0.15) is 0 Å². The lowest BCUT2D eigenvalue weighted by Crippen LogP contribution is -2.11. The quantitative estimate of drug-likeness (QED) is 0.721. The summed E-state index contributed by atoms with van der Waals surface area (Å²) in [6.07, 6.45) is 4.60. The van der Waals surface area contributed by atoms with Gasteiger partial charge in [0.2, 0.25) is 0 Å². The number of nitrogens with zero attached hydrogens (tertiary/aromatic N) is 1. The summed E-state index contributed by atoms with van der Waals surface area (Å²) in [5.41, 5.74) is 4.44. The van der Waals surface area contributed by atoms with E-state index in [1.54, 1.807) is 18.3 Å². The van der Waals surface area contributed by atoms with Gasteiger partial charge in [-0.3, -0.25) is 9.78 Å². The van der Waals surface area contributed by atoms with E-state index in [0.29, 0.717) is 5.56 Å². The predicted molar refractivity (Wildman–Crippen MR) is 97.7 cm³/mol. The average Bonchev–Trinajstić information content (AvgIpc) is 2.63. The van der Waals surface area contributed by atoms with Crippen LogP contribution < -0.4 is 10.6 Å². The van der Waals surface area contributed by atoms with Crippen LogP contribution in [0.15, 0.2) is 73.1 Å². The number of pyridine rings is 1. The molecule has 1 heterocycles. The molecular weight excluding hydrogens is 298 g/mol. The summed E-state index contributed by atoms with van der Waals surface area (Å²) in [5.74, 6) is -0.123. The summed E-state index contributed by atoms with van der Waals surface area (Å²) in [4.78, 5) is 16.4. The number of para-hydroxylation sites is 1. The lowest BCUT2D eigenvalue weighted by atomic mass is 10.1. The van der Waals surface area contributed by atoms with Gasteiger partial charge in [0.15, 0.2) is 0 Å². The van der Waals surface area contributed by atoms with Crippen LogP contribution in [0.2, 0.25) is 0 Å². The summed E-state index contributed by atoms with van der Waals surface area (Å²) < 4.78 is 0. The average molecular weight is 317 g/mol. The maximum atomic E-state index is 12.2. The molecule has 0 aliphatic rings. The lowest BCUT2D eigenvalue weighted by Gasteiger charge is -2.09. The molecule has 4 nitrogen and oxygen atoms in total. The van der Waals surface area contributed by atoms with Crippen molar-refractivity contribution in [1.82, 2.24) is 4.98 Å². The molecule has 3 rings (SSSR count). The van der Waals surface area contributed by atoms with Crippen LogP contribution in [0.3, 0.4) is 0 Å². The second-order valence-corrected chi connectivity index (χ2v) is 5.46. The van der Waals surface area contributed by atoms with Gasteiger partial charge in [0.25, 0.3) is 5.91 Å². The number of hydrogen-bond acceptors (Lipinski definition) is 3. The van der Waals surface area contributed by atoms with Crippen molar-refractivity contribution in [1.29, 1.82) is 0 Å². The molecule has 0 saturated heterocycles. The molecule has 1 aromatic heterocycles. The van der Waals surface area contributed by atoms with Gasteiger partial charge >= 0.3 is 0 Å². The van der Waals surface area contributed by atoms with Gasteiger partial charge in [-0.25, -0.2) is 0 Å². The van der Waals surface area contributed by atoms with Gasteiger partial charge in [0, 0.05) is 23.1 Å². The fourth-order valence-electron chi connectivity index (χ4n) is 2.35. The standard InChI is InChI=1S/C20H19N3O/c1-2-15-12-19(14-21-13-15)22-18-10-8-16(9-11-18)20(24)23-17-6-4-3-5-7-17/h3-14,22H,2H2,1H3,(H,23,24).